The molecular weight excluding hydrogens is 380 g/mol. The van der Waals surface area contributed by atoms with Crippen LogP contribution in [-0.4, -0.2) is 34.5 Å². The lowest BCUT2D eigenvalue weighted by Gasteiger charge is -2.30. The highest BCUT2D eigenvalue weighted by Gasteiger charge is 2.25. The molecule has 1 heterocycles. The highest BCUT2D eigenvalue weighted by molar-refractivity contribution is 8.02. The molecular formula is C19H26N4O2S2. The maximum absolute atomic E-state index is 12.5. The molecule has 0 radical (unpaired) electrons. The number of benzene rings is 1. The number of anilines is 2. The molecule has 1 fully saturated rings. The molecule has 1 aromatic heterocycles. The van der Waals surface area contributed by atoms with E-state index >= 15 is 0 Å². The monoisotopic (exact) mass is 406 g/mol. The van der Waals surface area contributed by atoms with Gasteiger partial charge in [-0.3, -0.25) is 4.79 Å². The van der Waals surface area contributed by atoms with Crippen LogP contribution in [0.15, 0.2) is 28.6 Å². The molecule has 3 atom stereocenters. The van der Waals surface area contributed by atoms with Gasteiger partial charge in [0.2, 0.25) is 11.0 Å². The Morgan fingerprint density at radius 1 is 1.26 bits per heavy atom. The quantitative estimate of drug-likeness (QED) is 0.661. The van der Waals surface area contributed by atoms with Gasteiger partial charge in [-0.1, -0.05) is 42.9 Å². The normalized spacial score (nSPS) is 20.7. The Bertz CT molecular complexity index is 750. The Kier molecular flexibility index (Phi) is 6.95. The van der Waals surface area contributed by atoms with Gasteiger partial charge in [-0.25, -0.2) is 0 Å². The van der Waals surface area contributed by atoms with Crippen LogP contribution in [0.3, 0.4) is 0 Å². The third-order valence-electron chi connectivity index (χ3n) is 4.83. The van der Waals surface area contributed by atoms with Gasteiger partial charge in [-0.2, -0.15) is 0 Å². The molecule has 6 nitrogen and oxygen atoms in total. The average Bonchev–Trinajstić information content (AvgIpc) is 3.11. The lowest BCUT2D eigenvalue weighted by atomic mass is 9.86. The van der Waals surface area contributed by atoms with Gasteiger partial charge in [0, 0.05) is 11.7 Å². The largest absolute Gasteiger partial charge is 0.497 e. The number of nitrogens with one attached hydrogen (secondary N) is 2. The fourth-order valence-corrected chi connectivity index (χ4v) is 5.07. The van der Waals surface area contributed by atoms with E-state index in [4.69, 9.17) is 4.74 Å². The zero-order valence-corrected chi connectivity index (χ0v) is 17.5. The summed E-state index contributed by atoms with van der Waals surface area (Å²) in [6.45, 7) is 4.15. The van der Waals surface area contributed by atoms with E-state index in [9.17, 15) is 4.79 Å². The number of amides is 1. The smallest absolute Gasteiger partial charge is 0.233 e. The average molecular weight is 407 g/mol. The van der Waals surface area contributed by atoms with Crippen molar-refractivity contribution in [1.82, 2.24) is 15.5 Å². The first-order valence-electron chi connectivity index (χ1n) is 9.27. The van der Waals surface area contributed by atoms with Crippen molar-refractivity contribution in [2.45, 2.75) is 55.2 Å². The van der Waals surface area contributed by atoms with Crippen molar-refractivity contribution in [2.75, 3.05) is 12.4 Å². The molecule has 27 heavy (non-hydrogen) atoms. The van der Waals surface area contributed by atoms with E-state index in [1.807, 2.05) is 31.2 Å². The number of ether oxygens (including phenoxy) is 1. The predicted molar refractivity (Wildman–Crippen MR) is 111 cm³/mol. The summed E-state index contributed by atoms with van der Waals surface area (Å²) in [5, 5.41) is 15.3. The highest BCUT2D eigenvalue weighted by atomic mass is 32.2. The molecule has 8 heteroatoms. The standard InChI is InChI=1S/C19H26N4O2S2/c1-12-6-4-5-7-16(12)21-17(24)13(2)26-19-23-22-18(27-19)20-14-8-10-15(25-3)11-9-14/h8-13,16H,4-7H2,1-3H3,(H,20,22)(H,21,24)/t12-,13-,16+/m1/s1. The molecule has 1 saturated carbocycles. The van der Waals surface area contributed by atoms with Crippen molar-refractivity contribution in [3.63, 3.8) is 0 Å². The number of hydrogen-bond donors (Lipinski definition) is 2. The summed E-state index contributed by atoms with van der Waals surface area (Å²) < 4.78 is 5.94. The maximum atomic E-state index is 12.5. The van der Waals surface area contributed by atoms with Crippen LogP contribution in [0.25, 0.3) is 0 Å². The van der Waals surface area contributed by atoms with Crippen LogP contribution in [0.5, 0.6) is 5.75 Å². The maximum Gasteiger partial charge on any atom is 0.233 e. The molecule has 3 rings (SSSR count). The summed E-state index contributed by atoms with van der Waals surface area (Å²) in [6, 6.07) is 7.93. The second-order valence-corrected chi connectivity index (χ2v) is 9.43. The molecule has 1 aliphatic rings. The van der Waals surface area contributed by atoms with Crippen molar-refractivity contribution < 1.29 is 9.53 Å². The van der Waals surface area contributed by atoms with Gasteiger partial charge in [0.05, 0.1) is 12.4 Å². The number of carbonyl (C=O) groups is 1. The third-order valence-corrected chi connectivity index (χ3v) is 6.86. The molecule has 146 valence electrons. The number of hydrogen-bond acceptors (Lipinski definition) is 7. The predicted octanol–water partition coefficient (Wildman–Crippen LogP) is 4.47. The fraction of sp³-hybridized carbons (Fsp3) is 0.526. The summed E-state index contributed by atoms with van der Waals surface area (Å²) in [5.41, 5.74) is 0.917. The molecule has 0 aliphatic heterocycles. The molecule has 2 aromatic rings. The lowest BCUT2D eigenvalue weighted by molar-refractivity contribution is -0.121. The Balaban J connectivity index is 1.52. The molecule has 0 unspecified atom stereocenters. The van der Waals surface area contributed by atoms with Gasteiger partial charge in [-0.15, -0.1) is 10.2 Å². The minimum Gasteiger partial charge on any atom is -0.497 e. The van der Waals surface area contributed by atoms with Crippen LogP contribution in [0.1, 0.15) is 39.5 Å². The molecule has 0 bridgehead atoms. The van der Waals surface area contributed by atoms with E-state index < -0.39 is 0 Å². The fourth-order valence-electron chi connectivity index (χ4n) is 3.14. The van der Waals surface area contributed by atoms with Gasteiger partial charge < -0.3 is 15.4 Å². The van der Waals surface area contributed by atoms with E-state index in [0.717, 1.165) is 22.2 Å². The second-order valence-electron chi connectivity index (χ2n) is 6.86. The highest BCUT2D eigenvalue weighted by Crippen LogP contribution is 2.31. The van der Waals surface area contributed by atoms with E-state index in [2.05, 4.69) is 27.8 Å². The van der Waals surface area contributed by atoms with Gasteiger partial charge in [0.15, 0.2) is 4.34 Å². The van der Waals surface area contributed by atoms with Crippen LogP contribution in [-0.2, 0) is 4.79 Å². The van der Waals surface area contributed by atoms with Crippen molar-refractivity contribution in [3.8, 4) is 5.75 Å². The molecule has 2 N–H and O–H groups in total. The van der Waals surface area contributed by atoms with E-state index in [-0.39, 0.29) is 11.2 Å². The second kappa shape index (κ2) is 9.41. The van der Waals surface area contributed by atoms with Gasteiger partial charge >= 0.3 is 0 Å². The van der Waals surface area contributed by atoms with E-state index in [0.29, 0.717) is 17.1 Å². The molecule has 1 aliphatic carbocycles. The number of nitrogens with zero attached hydrogens (tertiary/aromatic N) is 2. The number of aromatic nitrogens is 2. The minimum absolute atomic E-state index is 0.0820. The molecule has 0 saturated heterocycles. The Morgan fingerprint density at radius 3 is 2.70 bits per heavy atom. The molecule has 1 amide bonds. The first kappa shape index (κ1) is 19.9. The van der Waals surface area contributed by atoms with Crippen LogP contribution in [0.2, 0.25) is 0 Å². The van der Waals surface area contributed by atoms with Gasteiger partial charge in [0.25, 0.3) is 0 Å². The molecule has 0 spiro atoms. The Labute approximate surface area is 168 Å². The zero-order chi connectivity index (χ0) is 19.2. The van der Waals surface area contributed by atoms with Crippen molar-refractivity contribution in [3.05, 3.63) is 24.3 Å². The van der Waals surface area contributed by atoms with Crippen LogP contribution in [0.4, 0.5) is 10.8 Å². The summed E-state index contributed by atoms with van der Waals surface area (Å²) in [5.74, 6) is 1.45. The minimum atomic E-state index is -0.194. The number of rotatable bonds is 7. The summed E-state index contributed by atoms with van der Waals surface area (Å²) in [6.07, 6.45) is 4.75. The van der Waals surface area contributed by atoms with Gasteiger partial charge in [0.1, 0.15) is 5.75 Å². The van der Waals surface area contributed by atoms with Crippen LogP contribution >= 0.6 is 23.1 Å². The van der Waals surface area contributed by atoms with Crippen LogP contribution in [0, 0.1) is 5.92 Å². The van der Waals surface area contributed by atoms with Gasteiger partial charge in [-0.05, 0) is 49.9 Å². The first-order chi connectivity index (χ1) is 13.0. The first-order valence-corrected chi connectivity index (χ1v) is 11.0. The number of thioether (sulfide) groups is 1. The summed E-state index contributed by atoms with van der Waals surface area (Å²) in [7, 11) is 1.64. The van der Waals surface area contributed by atoms with Crippen molar-refractivity contribution >= 4 is 39.8 Å². The Morgan fingerprint density at radius 2 is 2.00 bits per heavy atom. The molecule has 1 aromatic carbocycles. The number of carbonyl (C=O) groups excluding carboxylic acids is 1. The third kappa shape index (κ3) is 5.59. The van der Waals surface area contributed by atoms with E-state index in [1.54, 1.807) is 7.11 Å². The van der Waals surface area contributed by atoms with Crippen molar-refractivity contribution in [1.29, 1.82) is 0 Å². The van der Waals surface area contributed by atoms with Crippen molar-refractivity contribution in [2.24, 2.45) is 5.92 Å². The zero-order valence-electron chi connectivity index (χ0n) is 15.9. The Hall–Kier alpha value is -1.80. The topological polar surface area (TPSA) is 76.1 Å². The SMILES string of the molecule is COc1ccc(Nc2nnc(S[C@H](C)C(=O)N[C@H]3CCCC[C@H]3C)s2)cc1. The number of methoxy groups -OCH3 is 1. The van der Waals surface area contributed by atoms with Crippen LogP contribution < -0.4 is 15.4 Å². The summed E-state index contributed by atoms with van der Waals surface area (Å²) >= 11 is 2.90. The van der Waals surface area contributed by atoms with E-state index in [1.165, 1.54) is 42.4 Å². The summed E-state index contributed by atoms with van der Waals surface area (Å²) in [4.78, 5) is 12.5. The lowest BCUT2D eigenvalue weighted by Crippen LogP contribution is -2.44.